The van der Waals surface area contributed by atoms with Gasteiger partial charge in [-0.2, -0.15) is 0 Å². The molecule has 0 radical (unpaired) electrons. The van der Waals surface area contributed by atoms with Crippen LogP contribution in [0.2, 0.25) is 0 Å². The zero-order valence-electron chi connectivity index (χ0n) is 15.4. The van der Waals surface area contributed by atoms with Gasteiger partial charge in [-0.15, -0.1) is 5.10 Å². The number of benzene rings is 1. The maximum absolute atomic E-state index is 12.4. The summed E-state index contributed by atoms with van der Waals surface area (Å²) in [5, 5.41) is 7.02. The third-order valence-corrected chi connectivity index (χ3v) is 4.82. The fourth-order valence-electron chi connectivity index (χ4n) is 3.30. The molecule has 0 spiro atoms. The monoisotopic (exact) mass is 365 g/mol. The molecule has 0 aliphatic carbocycles. The predicted octanol–water partition coefficient (Wildman–Crippen LogP) is 3.08. The van der Waals surface area contributed by atoms with Crippen LogP contribution in [0.25, 0.3) is 0 Å². The van der Waals surface area contributed by atoms with E-state index in [1.165, 1.54) is 18.4 Å². The fraction of sp³-hybridized carbons (Fsp3) is 0.350. The van der Waals surface area contributed by atoms with E-state index in [9.17, 15) is 4.79 Å². The summed E-state index contributed by atoms with van der Waals surface area (Å²) in [4.78, 5) is 18.9. The van der Waals surface area contributed by atoms with E-state index in [2.05, 4.69) is 39.4 Å². The Morgan fingerprint density at radius 3 is 2.78 bits per heavy atom. The number of aryl methyl sites for hydroxylation is 1. The first-order chi connectivity index (χ1) is 13.2. The molecule has 1 saturated heterocycles. The molecule has 27 heavy (non-hydrogen) atoms. The summed E-state index contributed by atoms with van der Waals surface area (Å²) in [6, 6.07) is 11.7. The van der Waals surface area contributed by atoms with Gasteiger partial charge in [-0.3, -0.25) is 15.0 Å². The summed E-state index contributed by atoms with van der Waals surface area (Å²) in [7, 11) is 0. The molecule has 7 heteroatoms. The number of carbonyl (C=O) groups is 1. The molecule has 3 aromatic rings. The second kappa shape index (κ2) is 7.75. The van der Waals surface area contributed by atoms with E-state index in [1.54, 1.807) is 17.1 Å². The molecule has 7 nitrogen and oxygen atoms in total. The molecule has 1 aliphatic rings. The second-order valence-electron chi connectivity index (χ2n) is 6.90. The van der Waals surface area contributed by atoms with Crippen LogP contribution in [0, 0.1) is 6.92 Å². The van der Waals surface area contributed by atoms with E-state index < -0.39 is 0 Å². The molecule has 1 fully saturated rings. The van der Waals surface area contributed by atoms with E-state index in [1.807, 2.05) is 18.2 Å². The molecule has 140 valence electrons. The van der Waals surface area contributed by atoms with Gasteiger partial charge in [0, 0.05) is 0 Å². The molecule has 0 bridgehead atoms. The molecule has 0 atom stereocenters. The Kier molecular flexibility index (Phi) is 5.02. The first-order valence-corrected chi connectivity index (χ1v) is 9.24. The van der Waals surface area contributed by atoms with Crippen LogP contribution >= 0.6 is 0 Å². The number of likely N-dealkylation sites (tertiary alicyclic amines) is 1. The van der Waals surface area contributed by atoms with E-state index in [4.69, 9.17) is 4.42 Å². The highest BCUT2D eigenvalue weighted by molar-refractivity contribution is 6.01. The maximum atomic E-state index is 12.4. The molecule has 4 rings (SSSR count). The minimum atomic E-state index is -0.337. The molecule has 1 amide bonds. The van der Waals surface area contributed by atoms with Gasteiger partial charge in [0.05, 0.1) is 13.1 Å². The van der Waals surface area contributed by atoms with E-state index in [0.717, 1.165) is 31.0 Å². The lowest BCUT2D eigenvalue weighted by atomic mass is 10.1. The van der Waals surface area contributed by atoms with Gasteiger partial charge >= 0.3 is 0 Å². The van der Waals surface area contributed by atoms with Crippen LogP contribution in [0.1, 0.15) is 40.3 Å². The van der Waals surface area contributed by atoms with Crippen molar-refractivity contribution in [3.05, 3.63) is 65.4 Å². The predicted molar refractivity (Wildman–Crippen MR) is 101 cm³/mol. The van der Waals surface area contributed by atoms with Crippen molar-refractivity contribution < 1.29 is 9.21 Å². The van der Waals surface area contributed by atoms with Gasteiger partial charge < -0.3 is 4.42 Å². The number of anilines is 1. The summed E-state index contributed by atoms with van der Waals surface area (Å²) in [6.45, 7) is 5.59. The molecule has 0 saturated carbocycles. The van der Waals surface area contributed by atoms with Gasteiger partial charge in [0.15, 0.2) is 5.76 Å². The van der Waals surface area contributed by atoms with E-state index >= 15 is 0 Å². The van der Waals surface area contributed by atoms with Crippen LogP contribution in [0.15, 0.2) is 47.1 Å². The lowest BCUT2D eigenvalue weighted by Gasteiger charge is -2.11. The van der Waals surface area contributed by atoms with Crippen LogP contribution in [0.3, 0.4) is 0 Å². The van der Waals surface area contributed by atoms with Crippen molar-refractivity contribution in [2.24, 2.45) is 0 Å². The van der Waals surface area contributed by atoms with Crippen molar-refractivity contribution in [2.75, 3.05) is 18.4 Å². The average Bonchev–Trinajstić information content (AvgIpc) is 3.40. The van der Waals surface area contributed by atoms with Gasteiger partial charge in [0.1, 0.15) is 12.1 Å². The van der Waals surface area contributed by atoms with Crippen LogP contribution in [-0.4, -0.2) is 38.7 Å². The van der Waals surface area contributed by atoms with Crippen LogP contribution in [-0.2, 0) is 13.1 Å². The first kappa shape index (κ1) is 17.5. The van der Waals surface area contributed by atoms with Crippen LogP contribution in [0.4, 0.5) is 5.95 Å². The molecular formula is C20H23N5O2. The number of aromatic nitrogens is 3. The SMILES string of the molecule is Cc1ccccc1Cn1cnc(NC(=O)c2ccc(CN3CCCC3)o2)n1. The van der Waals surface area contributed by atoms with E-state index in [0.29, 0.717) is 6.54 Å². The smallest absolute Gasteiger partial charge is 0.293 e. The Balaban J connectivity index is 1.36. The highest BCUT2D eigenvalue weighted by Crippen LogP contribution is 2.16. The Morgan fingerprint density at radius 2 is 1.96 bits per heavy atom. The van der Waals surface area contributed by atoms with Crippen molar-refractivity contribution in [3.8, 4) is 0 Å². The number of nitrogens with zero attached hydrogens (tertiary/aromatic N) is 4. The third kappa shape index (κ3) is 4.25. The molecule has 2 aromatic heterocycles. The average molecular weight is 365 g/mol. The first-order valence-electron chi connectivity index (χ1n) is 9.24. The lowest BCUT2D eigenvalue weighted by molar-refractivity contribution is 0.0992. The van der Waals surface area contributed by atoms with E-state index in [-0.39, 0.29) is 17.6 Å². The molecule has 3 heterocycles. The Hall–Kier alpha value is -2.93. The van der Waals surface area contributed by atoms with Gasteiger partial charge in [0.2, 0.25) is 5.95 Å². The molecule has 0 unspecified atom stereocenters. The highest BCUT2D eigenvalue weighted by Gasteiger charge is 2.17. The number of rotatable bonds is 6. The minimum Gasteiger partial charge on any atom is -0.455 e. The van der Waals surface area contributed by atoms with Crippen molar-refractivity contribution in [2.45, 2.75) is 32.9 Å². The molecule has 1 aromatic carbocycles. The molecular weight excluding hydrogens is 342 g/mol. The Labute approximate surface area is 158 Å². The maximum Gasteiger partial charge on any atom is 0.293 e. The normalized spacial score (nSPS) is 14.6. The number of hydrogen-bond acceptors (Lipinski definition) is 5. The number of nitrogens with one attached hydrogen (secondary N) is 1. The zero-order valence-corrected chi connectivity index (χ0v) is 15.4. The molecule has 1 N–H and O–H groups in total. The summed E-state index contributed by atoms with van der Waals surface area (Å²) in [5.41, 5.74) is 2.36. The summed E-state index contributed by atoms with van der Waals surface area (Å²) < 4.78 is 7.39. The fourth-order valence-corrected chi connectivity index (χ4v) is 3.30. The largest absolute Gasteiger partial charge is 0.455 e. The highest BCUT2D eigenvalue weighted by atomic mass is 16.4. The number of hydrogen-bond donors (Lipinski definition) is 1. The summed E-state index contributed by atoms with van der Waals surface area (Å²) in [5.74, 6) is 1.02. The number of amides is 1. The Morgan fingerprint density at radius 1 is 1.15 bits per heavy atom. The van der Waals surface area contributed by atoms with Gasteiger partial charge in [-0.1, -0.05) is 24.3 Å². The van der Waals surface area contributed by atoms with Gasteiger partial charge in [-0.25, -0.2) is 9.67 Å². The number of carbonyl (C=O) groups excluding carboxylic acids is 1. The van der Waals surface area contributed by atoms with Gasteiger partial charge in [-0.05, 0) is 56.1 Å². The van der Waals surface area contributed by atoms with Crippen molar-refractivity contribution in [1.29, 1.82) is 0 Å². The third-order valence-electron chi connectivity index (χ3n) is 4.82. The quantitative estimate of drug-likeness (QED) is 0.726. The topological polar surface area (TPSA) is 76.2 Å². The minimum absolute atomic E-state index is 0.270. The lowest BCUT2D eigenvalue weighted by Crippen LogP contribution is -2.18. The zero-order chi connectivity index (χ0) is 18.6. The van der Waals surface area contributed by atoms with Crippen molar-refractivity contribution in [3.63, 3.8) is 0 Å². The number of furan rings is 1. The van der Waals surface area contributed by atoms with Crippen molar-refractivity contribution in [1.82, 2.24) is 19.7 Å². The van der Waals surface area contributed by atoms with Gasteiger partial charge in [0.25, 0.3) is 5.91 Å². The summed E-state index contributed by atoms with van der Waals surface area (Å²) >= 11 is 0. The molecule has 1 aliphatic heterocycles. The Bertz CT molecular complexity index is 924. The van der Waals surface area contributed by atoms with Crippen LogP contribution in [0.5, 0.6) is 0 Å². The summed E-state index contributed by atoms with van der Waals surface area (Å²) in [6.07, 6.45) is 4.07. The second-order valence-corrected chi connectivity index (χ2v) is 6.90. The standard InChI is InChI=1S/C20H23N5O2/c1-15-6-2-3-7-16(15)12-25-14-21-20(23-25)22-19(26)18-9-8-17(27-18)13-24-10-4-5-11-24/h2-3,6-9,14H,4-5,10-13H2,1H3,(H,22,23,26). The van der Waals surface area contributed by atoms with Crippen LogP contribution < -0.4 is 5.32 Å². The van der Waals surface area contributed by atoms with Crippen molar-refractivity contribution >= 4 is 11.9 Å².